The van der Waals surface area contributed by atoms with Gasteiger partial charge in [0.15, 0.2) is 0 Å². The molecule has 7 heteroatoms. The smallest absolute Gasteiger partial charge is 0.306 e. The fourth-order valence-electron chi connectivity index (χ4n) is 1.71. The Morgan fingerprint density at radius 3 is 2.94 bits per heavy atom. The van der Waals surface area contributed by atoms with Crippen molar-refractivity contribution in [3.8, 4) is 0 Å². The average Bonchev–Trinajstić information content (AvgIpc) is 2.35. The highest BCUT2D eigenvalue weighted by molar-refractivity contribution is 7.99. The number of aliphatic carboxylic acids is 1. The van der Waals surface area contributed by atoms with Crippen molar-refractivity contribution >= 4 is 23.6 Å². The van der Waals surface area contributed by atoms with Crippen molar-refractivity contribution in [2.75, 3.05) is 31.7 Å². The number of methoxy groups -OCH3 is 1. The minimum atomic E-state index is -0.929. The zero-order valence-corrected chi connectivity index (χ0v) is 11.3. The monoisotopic (exact) mass is 276 g/mol. The predicted molar refractivity (Wildman–Crippen MR) is 69.8 cm³/mol. The van der Waals surface area contributed by atoms with Crippen LogP contribution in [0, 0.1) is 0 Å². The summed E-state index contributed by atoms with van der Waals surface area (Å²) in [5, 5.41) is 14.6. The standard InChI is InChI=1S/C11H20N2O4S/c1-17-9(5-11(15)16)6-13-10(14)4-8-7-18-3-2-12-8/h8-9,12H,2-7H2,1H3,(H,13,14)(H,15,16). The van der Waals surface area contributed by atoms with Crippen molar-refractivity contribution in [1.82, 2.24) is 10.6 Å². The topological polar surface area (TPSA) is 87.7 Å². The van der Waals surface area contributed by atoms with Crippen LogP contribution in [0.5, 0.6) is 0 Å². The second-order valence-corrected chi connectivity index (χ2v) is 5.34. The van der Waals surface area contributed by atoms with Crippen LogP contribution in [0.1, 0.15) is 12.8 Å². The minimum Gasteiger partial charge on any atom is -0.481 e. The van der Waals surface area contributed by atoms with Crippen molar-refractivity contribution in [3.05, 3.63) is 0 Å². The van der Waals surface area contributed by atoms with E-state index in [0.717, 1.165) is 18.1 Å². The quantitative estimate of drug-likeness (QED) is 0.591. The molecule has 0 saturated carbocycles. The summed E-state index contributed by atoms with van der Waals surface area (Å²) in [7, 11) is 1.44. The third kappa shape index (κ3) is 6.23. The molecule has 0 bridgehead atoms. The summed E-state index contributed by atoms with van der Waals surface area (Å²) >= 11 is 1.84. The number of hydrogen-bond acceptors (Lipinski definition) is 5. The van der Waals surface area contributed by atoms with Crippen LogP contribution in [0.3, 0.4) is 0 Å². The molecule has 2 atom stereocenters. The maximum Gasteiger partial charge on any atom is 0.306 e. The van der Waals surface area contributed by atoms with E-state index in [1.54, 1.807) is 0 Å². The molecule has 6 nitrogen and oxygen atoms in total. The lowest BCUT2D eigenvalue weighted by Gasteiger charge is -2.23. The van der Waals surface area contributed by atoms with Crippen LogP contribution in [0.15, 0.2) is 0 Å². The van der Waals surface area contributed by atoms with Crippen LogP contribution in [-0.4, -0.2) is 60.8 Å². The van der Waals surface area contributed by atoms with Gasteiger partial charge in [-0.15, -0.1) is 0 Å². The van der Waals surface area contributed by atoms with E-state index in [2.05, 4.69) is 10.6 Å². The second kappa shape index (κ2) is 8.34. The molecule has 3 N–H and O–H groups in total. The summed E-state index contributed by atoms with van der Waals surface area (Å²) < 4.78 is 4.99. The molecule has 1 saturated heterocycles. The Labute approximate surface area is 111 Å². The average molecular weight is 276 g/mol. The first kappa shape index (κ1) is 15.3. The SMILES string of the molecule is COC(CNC(=O)CC1CSCCN1)CC(=O)O. The highest BCUT2D eigenvalue weighted by atomic mass is 32.2. The van der Waals surface area contributed by atoms with Crippen LogP contribution >= 0.6 is 11.8 Å². The molecule has 0 aromatic carbocycles. The number of ether oxygens (including phenoxy) is 1. The molecule has 0 aliphatic carbocycles. The number of carboxylic acids is 1. The normalized spacial score (nSPS) is 21.3. The number of hydrogen-bond donors (Lipinski definition) is 3. The lowest BCUT2D eigenvalue weighted by atomic mass is 10.2. The van der Waals surface area contributed by atoms with E-state index in [-0.39, 0.29) is 24.9 Å². The molecule has 0 aromatic heterocycles. The van der Waals surface area contributed by atoms with Crippen molar-refractivity contribution < 1.29 is 19.4 Å². The zero-order valence-electron chi connectivity index (χ0n) is 10.5. The number of thioether (sulfide) groups is 1. The Balaban J connectivity index is 2.20. The highest BCUT2D eigenvalue weighted by Crippen LogP contribution is 2.09. The third-order valence-corrected chi connectivity index (χ3v) is 3.82. The summed E-state index contributed by atoms with van der Waals surface area (Å²) in [6.45, 7) is 1.17. The largest absolute Gasteiger partial charge is 0.481 e. The van der Waals surface area contributed by atoms with E-state index in [1.165, 1.54) is 7.11 Å². The molecule has 1 rings (SSSR count). The Kier molecular flexibility index (Phi) is 7.07. The first-order valence-electron chi connectivity index (χ1n) is 5.94. The van der Waals surface area contributed by atoms with Crippen molar-refractivity contribution in [2.45, 2.75) is 25.0 Å². The number of rotatable bonds is 7. The van der Waals surface area contributed by atoms with E-state index in [1.807, 2.05) is 11.8 Å². The van der Waals surface area contributed by atoms with Gasteiger partial charge in [-0.1, -0.05) is 0 Å². The Hall–Kier alpha value is -0.790. The van der Waals surface area contributed by atoms with Gasteiger partial charge in [-0.05, 0) is 0 Å². The molecule has 104 valence electrons. The summed E-state index contributed by atoms with van der Waals surface area (Å²) in [5.74, 6) is 1.03. The molecule has 0 radical (unpaired) electrons. The van der Waals surface area contributed by atoms with Gasteiger partial charge in [-0.25, -0.2) is 0 Å². The first-order chi connectivity index (χ1) is 8.61. The summed E-state index contributed by atoms with van der Waals surface area (Å²) in [4.78, 5) is 22.2. The molecule has 18 heavy (non-hydrogen) atoms. The molecule has 1 fully saturated rings. The first-order valence-corrected chi connectivity index (χ1v) is 7.09. The number of carbonyl (C=O) groups is 2. The molecular formula is C11H20N2O4S. The summed E-state index contributed by atoms with van der Waals surface area (Å²) in [5.41, 5.74) is 0. The number of carbonyl (C=O) groups excluding carboxylic acids is 1. The van der Waals surface area contributed by atoms with Crippen LogP contribution in [0.4, 0.5) is 0 Å². The van der Waals surface area contributed by atoms with E-state index < -0.39 is 12.1 Å². The molecule has 1 amide bonds. The molecule has 1 aliphatic heterocycles. The molecule has 2 unspecified atom stereocenters. The van der Waals surface area contributed by atoms with Crippen LogP contribution < -0.4 is 10.6 Å². The molecule has 1 heterocycles. The van der Waals surface area contributed by atoms with E-state index in [0.29, 0.717) is 6.42 Å². The Morgan fingerprint density at radius 1 is 1.61 bits per heavy atom. The van der Waals surface area contributed by atoms with Crippen molar-refractivity contribution in [3.63, 3.8) is 0 Å². The van der Waals surface area contributed by atoms with Crippen molar-refractivity contribution in [1.29, 1.82) is 0 Å². The zero-order chi connectivity index (χ0) is 13.4. The van der Waals surface area contributed by atoms with Crippen LogP contribution in [-0.2, 0) is 14.3 Å². The van der Waals surface area contributed by atoms with Gasteiger partial charge in [0.05, 0.1) is 12.5 Å². The van der Waals surface area contributed by atoms with Gasteiger partial charge in [0.2, 0.25) is 5.91 Å². The van der Waals surface area contributed by atoms with E-state index >= 15 is 0 Å². The van der Waals surface area contributed by atoms with E-state index in [9.17, 15) is 9.59 Å². The third-order valence-electron chi connectivity index (χ3n) is 2.69. The van der Waals surface area contributed by atoms with E-state index in [4.69, 9.17) is 9.84 Å². The maximum atomic E-state index is 11.7. The Bertz CT molecular complexity index is 282. The molecule has 1 aliphatic rings. The van der Waals surface area contributed by atoms with Gasteiger partial charge < -0.3 is 20.5 Å². The van der Waals surface area contributed by atoms with Gasteiger partial charge in [0.25, 0.3) is 0 Å². The molecule has 0 spiro atoms. The van der Waals surface area contributed by atoms with Gasteiger partial charge in [-0.2, -0.15) is 11.8 Å². The Morgan fingerprint density at radius 2 is 2.39 bits per heavy atom. The van der Waals surface area contributed by atoms with Gasteiger partial charge >= 0.3 is 5.97 Å². The number of nitrogens with one attached hydrogen (secondary N) is 2. The van der Waals surface area contributed by atoms with Crippen molar-refractivity contribution in [2.24, 2.45) is 0 Å². The lowest BCUT2D eigenvalue weighted by Crippen LogP contribution is -2.42. The lowest BCUT2D eigenvalue weighted by molar-refractivity contribution is -0.140. The highest BCUT2D eigenvalue weighted by Gasteiger charge is 2.18. The van der Waals surface area contributed by atoms with Crippen LogP contribution in [0.2, 0.25) is 0 Å². The fourth-order valence-corrected chi connectivity index (χ4v) is 2.66. The van der Waals surface area contributed by atoms with Gasteiger partial charge in [0.1, 0.15) is 0 Å². The maximum absolute atomic E-state index is 11.7. The molecular weight excluding hydrogens is 256 g/mol. The fraction of sp³-hybridized carbons (Fsp3) is 0.818. The molecule has 0 aromatic rings. The minimum absolute atomic E-state index is 0.0672. The van der Waals surface area contributed by atoms with Gasteiger partial charge in [-0.3, -0.25) is 9.59 Å². The second-order valence-electron chi connectivity index (χ2n) is 4.19. The van der Waals surface area contributed by atoms with Gasteiger partial charge in [0, 0.05) is 44.2 Å². The summed E-state index contributed by atoms with van der Waals surface area (Å²) in [6.07, 6.45) is -0.148. The summed E-state index contributed by atoms with van der Waals surface area (Å²) in [6, 6.07) is 0.212. The predicted octanol–water partition coefficient (Wildman–Crippen LogP) is -0.313. The number of carboxylic acid groups (broad SMARTS) is 1. The van der Waals surface area contributed by atoms with Crippen LogP contribution in [0.25, 0.3) is 0 Å². The number of amides is 1.